The van der Waals surface area contributed by atoms with Crippen molar-refractivity contribution in [2.75, 3.05) is 0 Å². The van der Waals surface area contributed by atoms with Gasteiger partial charge in [-0.3, -0.25) is 0 Å². The van der Waals surface area contributed by atoms with Crippen molar-refractivity contribution in [2.24, 2.45) is 0 Å². The first kappa shape index (κ1) is 7.66. The molecule has 1 aromatic carbocycles. The van der Waals surface area contributed by atoms with Gasteiger partial charge in [0, 0.05) is 6.42 Å². The summed E-state index contributed by atoms with van der Waals surface area (Å²) in [4.78, 5) is 0. The molecule has 1 nitrogen and oxygen atoms in total. The maximum Gasteiger partial charge on any atom is 0.126 e. The highest BCUT2D eigenvalue weighted by atomic mass is 16.5. The minimum absolute atomic E-state index is 0.362. The summed E-state index contributed by atoms with van der Waals surface area (Å²) in [5.41, 5.74) is 3.99. The molecule has 1 aliphatic rings. The fourth-order valence-electron chi connectivity index (χ4n) is 1.72. The summed E-state index contributed by atoms with van der Waals surface area (Å²) in [6, 6.07) is 4.36. The number of benzene rings is 1. The molecule has 1 heteroatoms. The van der Waals surface area contributed by atoms with Crippen LogP contribution in [0.3, 0.4) is 0 Å². The monoisotopic (exact) mass is 162 g/mol. The molecule has 1 atom stereocenters. The van der Waals surface area contributed by atoms with E-state index < -0.39 is 0 Å². The molecule has 2 rings (SSSR count). The topological polar surface area (TPSA) is 9.23 Å². The van der Waals surface area contributed by atoms with Crippen molar-refractivity contribution in [2.45, 2.75) is 33.3 Å². The van der Waals surface area contributed by atoms with Gasteiger partial charge in [0.2, 0.25) is 0 Å². The lowest BCUT2D eigenvalue weighted by Crippen LogP contribution is -2.05. The molecule has 0 bridgehead atoms. The lowest BCUT2D eigenvalue weighted by atomic mass is 10.0. The Labute approximate surface area is 73.4 Å². The zero-order chi connectivity index (χ0) is 8.72. The van der Waals surface area contributed by atoms with Crippen molar-refractivity contribution in [3.63, 3.8) is 0 Å². The van der Waals surface area contributed by atoms with Crippen molar-refractivity contribution < 1.29 is 4.74 Å². The summed E-state index contributed by atoms with van der Waals surface area (Å²) >= 11 is 0. The molecule has 0 radical (unpaired) electrons. The van der Waals surface area contributed by atoms with Crippen LogP contribution in [0.15, 0.2) is 12.1 Å². The number of ether oxygens (including phenoxy) is 1. The first-order chi connectivity index (χ1) is 5.68. The summed E-state index contributed by atoms with van der Waals surface area (Å²) in [7, 11) is 0. The average Bonchev–Trinajstić information content (AvgIpc) is 2.39. The average molecular weight is 162 g/mol. The molecule has 0 fully saturated rings. The van der Waals surface area contributed by atoms with Gasteiger partial charge < -0.3 is 4.74 Å². The van der Waals surface area contributed by atoms with E-state index >= 15 is 0 Å². The van der Waals surface area contributed by atoms with Crippen LogP contribution in [0.1, 0.15) is 23.6 Å². The van der Waals surface area contributed by atoms with Gasteiger partial charge in [-0.25, -0.2) is 0 Å². The molecule has 12 heavy (non-hydrogen) atoms. The molecule has 0 N–H and O–H groups in total. The normalized spacial score (nSPS) is 20.4. The molecule has 0 amide bonds. The Balaban J connectivity index is 2.54. The summed E-state index contributed by atoms with van der Waals surface area (Å²) in [6.45, 7) is 6.38. The highest BCUT2D eigenvalue weighted by Gasteiger charge is 2.20. The van der Waals surface area contributed by atoms with Gasteiger partial charge in [-0.1, -0.05) is 12.1 Å². The number of hydrogen-bond donors (Lipinski definition) is 0. The van der Waals surface area contributed by atoms with Gasteiger partial charge in [0.25, 0.3) is 0 Å². The van der Waals surface area contributed by atoms with Gasteiger partial charge in [0.1, 0.15) is 11.9 Å². The predicted molar refractivity (Wildman–Crippen MR) is 49.7 cm³/mol. The SMILES string of the molecule is Cc1ccc2c(c1C)OC(C)C2. The first-order valence-corrected chi connectivity index (χ1v) is 4.44. The molecular weight excluding hydrogens is 148 g/mol. The third-order valence-electron chi connectivity index (χ3n) is 2.58. The van der Waals surface area contributed by atoms with E-state index in [9.17, 15) is 0 Å². The van der Waals surface area contributed by atoms with Crippen LogP contribution in [0.4, 0.5) is 0 Å². The van der Waals surface area contributed by atoms with Crippen LogP contribution < -0.4 is 4.74 Å². The van der Waals surface area contributed by atoms with E-state index in [1.165, 1.54) is 16.7 Å². The maximum absolute atomic E-state index is 5.72. The smallest absolute Gasteiger partial charge is 0.126 e. The fraction of sp³-hybridized carbons (Fsp3) is 0.455. The van der Waals surface area contributed by atoms with Crippen LogP contribution in [0, 0.1) is 13.8 Å². The van der Waals surface area contributed by atoms with Crippen LogP contribution in [-0.4, -0.2) is 6.10 Å². The van der Waals surface area contributed by atoms with E-state index in [0.29, 0.717) is 6.10 Å². The van der Waals surface area contributed by atoms with Crippen molar-refractivity contribution >= 4 is 0 Å². The summed E-state index contributed by atoms with van der Waals surface area (Å²) < 4.78 is 5.72. The molecule has 1 unspecified atom stereocenters. The molecular formula is C11H14O. The second kappa shape index (κ2) is 2.51. The van der Waals surface area contributed by atoms with E-state index in [1.807, 2.05) is 0 Å². The lowest BCUT2D eigenvalue weighted by molar-refractivity contribution is 0.253. The van der Waals surface area contributed by atoms with Crippen LogP contribution in [0.25, 0.3) is 0 Å². The Morgan fingerprint density at radius 1 is 1.33 bits per heavy atom. The van der Waals surface area contributed by atoms with E-state index in [4.69, 9.17) is 4.74 Å². The fourth-order valence-corrected chi connectivity index (χ4v) is 1.72. The molecule has 0 aliphatic carbocycles. The molecule has 1 aliphatic heterocycles. The van der Waals surface area contributed by atoms with Crippen LogP contribution in [0.5, 0.6) is 5.75 Å². The van der Waals surface area contributed by atoms with Crippen molar-refractivity contribution in [3.8, 4) is 5.75 Å². The molecule has 64 valence electrons. The van der Waals surface area contributed by atoms with Crippen molar-refractivity contribution in [3.05, 3.63) is 28.8 Å². The maximum atomic E-state index is 5.72. The second-order valence-electron chi connectivity index (χ2n) is 3.63. The van der Waals surface area contributed by atoms with Gasteiger partial charge in [-0.15, -0.1) is 0 Å². The highest BCUT2D eigenvalue weighted by molar-refractivity contribution is 5.47. The van der Waals surface area contributed by atoms with Gasteiger partial charge in [0.15, 0.2) is 0 Å². The Hall–Kier alpha value is -0.980. The third-order valence-corrected chi connectivity index (χ3v) is 2.58. The standard InChI is InChI=1S/C11H14O/c1-7-4-5-10-6-8(2)12-11(10)9(7)3/h4-5,8H,6H2,1-3H3. The second-order valence-corrected chi connectivity index (χ2v) is 3.63. The number of fused-ring (bicyclic) bond motifs is 1. The first-order valence-electron chi connectivity index (χ1n) is 4.44. The summed E-state index contributed by atoms with van der Waals surface area (Å²) in [5, 5.41) is 0. The van der Waals surface area contributed by atoms with E-state index in [2.05, 4.69) is 32.9 Å². The zero-order valence-electron chi connectivity index (χ0n) is 7.85. The minimum Gasteiger partial charge on any atom is -0.490 e. The van der Waals surface area contributed by atoms with Gasteiger partial charge in [0.05, 0.1) is 0 Å². The van der Waals surface area contributed by atoms with Crippen LogP contribution in [0.2, 0.25) is 0 Å². The quantitative estimate of drug-likeness (QED) is 0.569. The Kier molecular flexibility index (Phi) is 1.60. The van der Waals surface area contributed by atoms with Crippen molar-refractivity contribution in [1.29, 1.82) is 0 Å². The molecule has 1 heterocycles. The van der Waals surface area contributed by atoms with E-state index in [-0.39, 0.29) is 0 Å². The molecule has 0 saturated carbocycles. The van der Waals surface area contributed by atoms with Gasteiger partial charge in [-0.05, 0) is 37.5 Å². The molecule has 1 aromatic rings. The van der Waals surface area contributed by atoms with Gasteiger partial charge >= 0.3 is 0 Å². The molecule has 0 aromatic heterocycles. The van der Waals surface area contributed by atoms with Crippen LogP contribution in [-0.2, 0) is 6.42 Å². The third kappa shape index (κ3) is 1.01. The highest BCUT2D eigenvalue weighted by Crippen LogP contribution is 2.33. The largest absolute Gasteiger partial charge is 0.490 e. The Morgan fingerprint density at radius 2 is 2.08 bits per heavy atom. The van der Waals surface area contributed by atoms with Crippen molar-refractivity contribution in [1.82, 2.24) is 0 Å². The lowest BCUT2D eigenvalue weighted by Gasteiger charge is -2.07. The van der Waals surface area contributed by atoms with Crippen LogP contribution >= 0.6 is 0 Å². The minimum atomic E-state index is 0.362. The number of rotatable bonds is 0. The van der Waals surface area contributed by atoms with Gasteiger partial charge in [-0.2, -0.15) is 0 Å². The zero-order valence-corrected chi connectivity index (χ0v) is 7.85. The number of hydrogen-bond acceptors (Lipinski definition) is 1. The summed E-state index contributed by atoms with van der Waals surface area (Å²) in [5.74, 6) is 1.13. The molecule has 0 saturated heterocycles. The Morgan fingerprint density at radius 3 is 2.83 bits per heavy atom. The van der Waals surface area contributed by atoms with E-state index in [0.717, 1.165) is 12.2 Å². The van der Waals surface area contributed by atoms with E-state index in [1.54, 1.807) is 0 Å². The predicted octanol–water partition coefficient (Wildman–Crippen LogP) is 2.63. The Bertz CT molecular complexity index is 315. The molecule has 0 spiro atoms. The number of aryl methyl sites for hydroxylation is 1. The summed E-state index contributed by atoms with van der Waals surface area (Å²) in [6.07, 6.45) is 1.43.